The van der Waals surface area contributed by atoms with Gasteiger partial charge in [-0.15, -0.1) is 0 Å². The molecule has 0 saturated carbocycles. The molecular weight excluding hydrogens is 192 g/mol. The molecule has 0 aliphatic carbocycles. The zero-order chi connectivity index (χ0) is 9.07. The van der Waals surface area contributed by atoms with E-state index < -0.39 is 0 Å². The topological polar surface area (TPSA) is 34.1 Å². The van der Waals surface area contributed by atoms with Crippen molar-refractivity contribution >= 4 is 33.2 Å². The molecule has 0 bridgehead atoms. The second kappa shape index (κ2) is 10.0. The molecule has 1 aromatic carbocycles. The van der Waals surface area contributed by atoms with Gasteiger partial charge in [-0.05, 0) is 0 Å². The fourth-order valence-corrected chi connectivity index (χ4v) is 0.793. The van der Waals surface area contributed by atoms with Crippen LogP contribution in [0.25, 0.3) is 0 Å². The Morgan fingerprint density at radius 2 is 0.917 bits per heavy atom. The van der Waals surface area contributed by atoms with Gasteiger partial charge in [0.1, 0.15) is 0 Å². The van der Waals surface area contributed by atoms with E-state index in [9.17, 15) is 8.42 Å². The Balaban J connectivity index is 0.000000202. The van der Waals surface area contributed by atoms with Crippen LogP contribution in [0.3, 0.4) is 0 Å². The van der Waals surface area contributed by atoms with E-state index in [1.165, 1.54) is 10.7 Å². The summed E-state index contributed by atoms with van der Waals surface area (Å²) in [6.45, 7) is 0. The van der Waals surface area contributed by atoms with Crippen LogP contribution in [-0.4, -0.2) is 19.2 Å². The Kier molecular flexibility index (Phi) is 9.17. The summed E-state index contributed by atoms with van der Waals surface area (Å²) in [5, 5.41) is 2.38. The van der Waals surface area contributed by atoms with Crippen molar-refractivity contribution in [3.63, 3.8) is 0 Å². The molecule has 0 saturated heterocycles. The van der Waals surface area contributed by atoms with Crippen LogP contribution in [0.1, 0.15) is 0 Å². The van der Waals surface area contributed by atoms with Crippen LogP contribution in [0.15, 0.2) is 36.4 Å². The summed E-state index contributed by atoms with van der Waals surface area (Å²) in [5.41, 5.74) is 0. The minimum Gasteiger partial charge on any atom is -0.212 e. The van der Waals surface area contributed by atoms with Crippen molar-refractivity contribution in [3.05, 3.63) is 36.4 Å². The third-order valence-corrected chi connectivity index (χ3v) is 1.50. The van der Waals surface area contributed by atoms with Crippen molar-refractivity contribution in [2.24, 2.45) is 0 Å². The SMILES string of the molecule is O=S=CC=S=O.c1ccccc1. The van der Waals surface area contributed by atoms with Crippen molar-refractivity contribution < 1.29 is 8.42 Å². The molecule has 0 aliphatic heterocycles. The fraction of sp³-hybridized carbons (Fsp3) is 0. The highest BCUT2D eigenvalue weighted by molar-refractivity contribution is 7.73. The monoisotopic (exact) mass is 200 g/mol. The summed E-state index contributed by atoms with van der Waals surface area (Å²) in [7, 11) is 0. The zero-order valence-electron chi connectivity index (χ0n) is 6.25. The van der Waals surface area contributed by atoms with E-state index in [-0.39, 0.29) is 22.5 Å². The molecule has 1 aromatic rings. The zero-order valence-corrected chi connectivity index (χ0v) is 7.88. The van der Waals surface area contributed by atoms with E-state index in [1.807, 2.05) is 36.4 Å². The van der Waals surface area contributed by atoms with Gasteiger partial charge in [0.05, 0.1) is 22.5 Å². The third-order valence-electron chi connectivity index (χ3n) is 0.833. The Hall–Kier alpha value is -1.00. The maximum atomic E-state index is 9.37. The number of rotatable bonds is 1. The molecule has 2 nitrogen and oxygen atoms in total. The summed E-state index contributed by atoms with van der Waals surface area (Å²) < 4.78 is 18.7. The molecule has 1 rings (SSSR count). The smallest absolute Gasteiger partial charge is 0.0894 e. The number of hydrogen-bond donors (Lipinski definition) is 0. The Morgan fingerprint density at radius 1 is 0.667 bits per heavy atom. The average Bonchev–Trinajstić information content (AvgIpc) is 2.18. The first-order valence-corrected chi connectivity index (χ1v) is 4.75. The number of benzene rings is 1. The van der Waals surface area contributed by atoms with Crippen molar-refractivity contribution in [3.8, 4) is 0 Å². The maximum absolute atomic E-state index is 9.37. The van der Waals surface area contributed by atoms with Gasteiger partial charge in [0.25, 0.3) is 0 Å². The van der Waals surface area contributed by atoms with Gasteiger partial charge in [-0.2, -0.15) is 0 Å². The lowest BCUT2D eigenvalue weighted by Gasteiger charge is -1.69. The second-order valence-electron chi connectivity index (χ2n) is 1.62. The second-order valence-corrected chi connectivity index (χ2v) is 2.55. The lowest BCUT2D eigenvalue weighted by Crippen LogP contribution is -1.67. The lowest BCUT2D eigenvalue weighted by molar-refractivity contribution is 0.700. The van der Waals surface area contributed by atoms with Crippen molar-refractivity contribution in [2.45, 2.75) is 0 Å². The first-order valence-electron chi connectivity index (χ1n) is 3.14. The van der Waals surface area contributed by atoms with Crippen LogP contribution >= 0.6 is 0 Å². The van der Waals surface area contributed by atoms with E-state index >= 15 is 0 Å². The Bertz CT molecular complexity index is 242. The first-order chi connectivity index (χ1) is 5.91. The van der Waals surface area contributed by atoms with E-state index in [1.54, 1.807) is 0 Å². The predicted octanol–water partition coefficient (Wildman–Crippen LogP) is 0.703. The van der Waals surface area contributed by atoms with Gasteiger partial charge in [0, 0.05) is 10.7 Å². The molecule has 0 atom stereocenters. The summed E-state index contributed by atoms with van der Waals surface area (Å²) >= 11 is 0.550. The van der Waals surface area contributed by atoms with Gasteiger partial charge >= 0.3 is 0 Å². The highest BCUT2D eigenvalue weighted by atomic mass is 32.1. The standard InChI is InChI=1S/C6H6.C2H2O2S2/c1-2-4-6-5-3-1;3-5-1-2-6-4/h1-6H;1-2H. The highest BCUT2D eigenvalue weighted by Gasteiger charge is 1.57. The lowest BCUT2D eigenvalue weighted by atomic mass is 10.4. The van der Waals surface area contributed by atoms with Crippen LogP contribution in [0.2, 0.25) is 0 Å². The summed E-state index contributed by atoms with van der Waals surface area (Å²) in [5.74, 6) is 0. The normalized spacial score (nSPS) is 7.00. The van der Waals surface area contributed by atoms with Crippen molar-refractivity contribution in [1.82, 2.24) is 0 Å². The Labute approximate surface area is 78.4 Å². The molecule has 0 unspecified atom stereocenters. The van der Waals surface area contributed by atoms with Gasteiger partial charge < -0.3 is 0 Å². The molecular formula is C8H8O2S2. The predicted molar refractivity (Wildman–Crippen MR) is 54.9 cm³/mol. The average molecular weight is 200 g/mol. The third kappa shape index (κ3) is 9.00. The molecule has 0 amide bonds. The fourth-order valence-electron chi connectivity index (χ4n) is 0.430. The quantitative estimate of drug-likeness (QED) is 0.625. The first kappa shape index (κ1) is 11.0. The molecule has 0 spiro atoms. The van der Waals surface area contributed by atoms with Gasteiger partial charge in [-0.1, -0.05) is 36.4 Å². The number of hydrogen-bond acceptors (Lipinski definition) is 2. The molecule has 0 aromatic heterocycles. The largest absolute Gasteiger partial charge is 0.212 e. The highest BCUT2D eigenvalue weighted by Crippen LogP contribution is 1.79. The molecule has 0 heterocycles. The van der Waals surface area contributed by atoms with Crippen molar-refractivity contribution in [1.29, 1.82) is 0 Å². The van der Waals surface area contributed by atoms with Crippen LogP contribution in [0.4, 0.5) is 0 Å². The van der Waals surface area contributed by atoms with E-state index in [4.69, 9.17) is 0 Å². The van der Waals surface area contributed by atoms with Gasteiger partial charge in [0.15, 0.2) is 0 Å². The summed E-state index contributed by atoms with van der Waals surface area (Å²) in [4.78, 5) is 0. The minimum absolute atomic E-state index is 0.275. The van der Waals surface area contributed by atoms with E-state index in [2.05, 4.69) is 0 Å². The van der Waals surface area contributed by atoms with Crippen LogP contribution in [0.5, 0.6) is 0 Å². The molecule has 0 aliphatic rings. The molecule has 0 N–H and O–H groups in total. The molecule has 12 heavy (non-hydrogen) atoms. The minimum atomic E-state index is 0.275. The molecule has 4 heteroatoms. The Morgan fingerprint density at radius 3 is 1.08 bits per heavy atom. The van der Waals surface area contributed by atoms with Crippen LogP contribution in [-0.2, 0) is 22.5 Å². The summed E-state index contributed by atoms with van der Waals surface area (Å²) in [6, 6.07) is 12.0. The van der Waals surface area contributed by atoms with Gasteiger partial charge in [-0.3, -0.25) is 0 Å². The van der Waals surface area contributed by atoms with E-state index in [0.717, 1.165) is 0 Å². The van der Waals surface area contributed by atoms with Gasteiger partial charge in [-0.25, -0.2) is 8.42 Å². The molecule has 0 radical (unpaired) electrons. The van der Waals surface area contributed by atoms with Gasteiger partial charge in [0.2, 0.25) is 0 Å². The summed E-state index contributed by atoms with van der Waals surface area (Å²) in [6.07, 6.45) is 0. The molecule has 64 valence electrons. The van der Waals surface area contributed by atoms with Crippen LogP contribution < -0.4 is 0 Å². The molecule has 0 fully saturated rings. The maximum Gasteiger partial charge on any atom is 0.0894 e. The van der Waals surface area contributed by atoms with E-state index in [0.29, 0.717) is 0 Å². The van der Waals surface area contributed by atoms with Crippen molar-refractivity contribution in [2.75, 3.05) is 0 Å². The van der Waals surface area contributed by atoms with Crippen LogP contribution in [0, 0.1) is 0 Å².